The molecule has 30 heavy (non-hydrogen) atoms. The van der Waals surface area contributed by atoms with E-state index in [1.54, 1.807) is 7.11 Å². The van der Waals surface area contributed by atoms with Crippen molar-refractivity contribution in [1.29, 1.82) is 0 Å². The molecule has 9 nitrogen and oxygen atoms in total. The number of nitrogens with zero attached hydrogens (tertiary/aromatic N) is 3. The lowest BCUT2D eigenvalue weighted by atomic mass is 10.3. The van der Waals surface area contributed by atoms with Crippen LogP contribution < -0.4 is 16.6 Å². The van der Waals surface area contributed by atoms with Crippen LogP contribution in [0.15, 0.2) is 38.8 Å². The Morgan fingerprint density at radius 1 is 1.23 bits per heavy atom. The third-order valence-electron chi connectivity index (χ3n) is 4.09. The number of carbonyl (C=O) groups is 1. The average molecular weight is 438 g/mol. The number of aromatic nitrogens is 2. The van der Waals surface area contributed by atoms with Gasteiger partial charge in [0.05, 0.1) is 11.4 Å². The van der Waals surface area contributed by atoms with Gasteiger partial charge in [-0.3, -0.25) is 18.7 Å². The Morgan fingerprint density at radius 2 is 1.90 bits per heavy atom. The van der Waals surface area contributed by atoms with E-state index in [1.807, 2.05) is 0 Å². The summed E-state index contributed by atoms with van der Waals surface area (Å²) in [5.74, 6) is -1.42. The summed E-state index contributed by atoms with van der Waals surface area (Å²) in [4.78, 5) is 41.1. The molecule has 162 valence electrons. The lowest BCUT2D eigenvalue weighted by Crippen LogP contribution is -2.39. The van der Waals surface area contributed by atoms with Crippen molar-refractivity contribution in [2.24, 2.45) is 19.1 Å². The molecule has 0 fully saturated rings. The number of thioether (sulfide) groups is 1. The van der Waals surface area contributed by atoms with Gasteiger partial charge in [-0.2, -0.15) is 0 Å². The molecular formula is C19H23FN4O5S. The molecule has 0 radical (unpaired) electrons. The lowest BCUT2D eigenvalue weighted by Gasteiger charge is -2.12. The highest BCUT2D eigenvalue weighted by Gasteiger charge is 2.21. The van der Waals surface area contributed by atoms with Crippen molar-refractivity contribution in [1.82, 2.24) is 14.5 Å². The van der Waals surface area contributed by atoms with E-state index in [-0.39, 0.29) is 22.3 Å². The van der Waals surface area contributed by atoms with Crippen LogP contribution >= 0.6 is 11.8 Å². The molecule has 0 spiro atoms. The van der Waals surface area contributed by atoms with E-state index < -0.39 is 22.9 Å². The summed E-state index contributed by atoms with van der Waals surface area (Å²) in [5.41, 5.74) is -1.37. The van der Waals surface area contributed by atoms with Gasteiger partial charge in [-0.05, 0) is 30.7 Å². The molecule has 0 atom stereocenters. The molecule has 1 aromatic heterocycles. The third kappa shape index (κ3) is 5.80. The minimum Gasteiger partial charge on any atom is -0.494 e. The van der Waals surface area contributed by atoms with Crippen LogP contribution in [0.2, 0.25) is 0 Å². The molecule has 2 aromatic rings. The van der Waals surface area contributed by atoms with Crippen molar-refractivity contribution >= 4 is 28.4 Å². The molecule has 11 heteroatoms. The standard InChI is InChI=1S/C19H23FN4O5S/c1-23-17(26)15(18(27)24(2)19(23)28)16(22-13-7-5-12(20)6-8-13)30-11-14(25)21-9-4-10-29-3/h5-8,26H,4,9-11H2,1-3H3,(H,21,25). The zero-order valence-electron chi connectivity index (χ0n) is 16.8. The predicted molar refractivity (Wildman–Crippen MR) is 113 cm³/mol. The van der Waals surface area contributed by atoms with E-state index >= 15 is 0 Å². The fourth-order valence-electron chi connectivity index (χ4n) is 2.44. The van der Waals surface area contributed by atoms with Crippen LogP contribution in [0, 0.1) is 5.82 Å². The molecule has 1 heterocycles. The highest BCUT2D eigenvalue weighted by atomic mass is 32.2. The SMILES string of the molecule is COCCCNC(=O)CSC(=Nc1ccc(F)cc1)c1c(O)n(C)c(=O)n(C)c1=O. The Balaban J connectivity index is 2.39. The van der Waals surface area contributed by atoms with Gasteiger partial charge in [-0.1, -0.05) is 11.8 Å². The van der Waals surface area contributed by atoms with E-state index in [0.717, 1.165) is 20.9 Å². The molecule has 0 saturated heterocycles. The number of methoxy groups -OCH3 is 1. The Morgan fingerprint density at radius 3 is 2.53 bits per heavy atom. The largest absolute Gasteiger partial charge is 0.494 e. The number of rotatable bonds is 8. The molecular weight excluding hydrogens is 415 g/mol. The second-order valence-corrected chi connectivity index (χ2v) is 7.25. The summed E-state index contributed by atoms with van der Waals surface area (Å²) in [6.07, 6.45) is 0.644. The number of ether oxygens (including phenoxy) is 1. The maximum absolute atomic E-state index is 13.2. The summed E-state index contributed by atoms with van der Waals surface area (Å²) in [6.45, 7) is 0.928. The molecule has 1 aromatic carbocycles. The number of aromatic hydroxyl groups is 1. The van der Waals surface area contributed by atoms with Gasteiger partial charge in [0, 0.05) is 34.4 Å². The zero-order valence-corrected chi connectivity index (χ0v) is 17.7. The normalized spacial score (nSPS) is 11.5. The molecule has 0 bridgehead atoms. The Hall–Kier alpha value is -2.92. The van der Waals surface area contributed by atoms with Crippen molar-refractivity contribution in [3.63, 3.8) is 0 Å². The van der Waals surface area contributed by atoms with Crippen LogP contribution in [0.5, 0.6) is 5.88 Å². The molecule has 0 saturated carbocycles. The number of hydrogen-bond donors (Lipinski definition) is 2. The van der Waals surface area contributed by atoms with Gasteiger partial charge in [0.25, 0.3) is 5.56 Å². The van der Waals surface area contributed by atoms with Gasteiger partial charge in [0.2, 0.25) is 11.8 Å². The monoisotopic (exact) mass is 438 g/mol. The Labute approximate surface area is 176 Å². The van der Waals surface area contributed by atoms with Gasteiger partial charge in [0.1, 0.15) is 16.4 Å². The molecule has 0 unspecified atom stereocenters. The number of halogens is 1. The molecule has 2 N–H and O–H groups in total. The van der Waals surface area contributed by atoms with E-state index in [9.17, 15) is 23.9 Å². The number of aliphatic imine (C=N–C) groups is 1. The second kappa shape index (κ2) is 10.7. The van der Waals surface area contributed by atoms with Gasteiger partial charge >= 0.3 is 5.69 Å². The zero-order chi connectivity index (χ0) is 22.3. The van der Waals surface area contributed by atoms with E-state index in [4.69, 9.17) is 4.74 Å². The molecule has 0 aliphatic carbocycles. The summed E-state index contributed by atoms with van der Waals surface area (Å²) >= 11 is 0.921. The van der Waals surface area contributed by atoms with Gasteiger partial charge in [-0.25, -0.2) is 14.2 Å². The molecule has 0 aliphatic rings. The number of carbonyl (C=O) groups excluding carboxylic acids is 1. The first kappa shape index (κ1) is 23.4. The van der Waals surface area contributed by atoms with Crippen LogP contribution in [0.25, 0.3) is 0 Å². The number of nitrogens with one attached hydrogen (secondary N) is 1. The van der Waals surface area contributed by atoms with Crippen LogP contribution in [0.1, 0.15) is 12.0 Å². The van der Waals surface area contributed by atoms with Crippen molar-refractivity contribution < 1.29 is 19.0 Å². The Kier molecular flexibility index (Phi) is 8.36. The van der Waals surface area contributed by atoms with Crippen molar-refractivity contribution in [2.75, 3.05) is 26.0 Å². The molecule has 0 aliphatic heterocycles. The summed E-state index contributed by atoms with van der Waals surface area (Å²) in [6, 6.07) is 5.18. The van der Waals surface area contributed by atoms with Gasteiger partial charge in [0.15, 0.2) is 0 Å². The van der Waals surface area contributed by atoms with Crippen molar-refractivity contribution in [3.8, 4) is 5.88 Å². The highest BCUT2D eigenvalue weighted by molar-refractivity contribution is 8.15. The smallest absolute Gasteiger partial charge is 0.333 e. The van der Waals surface area contributed by atoms with E-state index in [1.165, 1.54) is 38.4 Å². The lowest BCUT2D eigenvalue weighted by molar-refractivity contribution is -0.118. The first-order chi connectivity index (χ1) is 14.3. The molecule has 1 amide bonds. The quantitative estimate of drug-likeness (QED) is 0.359. The van der Waals surface area contributed by atoms with Crippen LogP contribution in [0.4, 0.5) is 10.1 Å². The predicted octanol–water partition coefficient (Wildman–Crippen LogP) is 0.893. The number of amides is 1. The summed E-state index contributed by atoms with van der Waals surface area (Å²) < 4.78 is 19.9. The van der Waals surface area contributed by atoms with Crippen molar-refractivity contribution in [2.45, 2.75) is 6.42 Å². The fourth-order valence-corrected chi connectivity index (χ4v) is 3.31. The van der Waals surface area contributed by atoms with Crippen LogP contribution in [0.3, 0.4) is 0 Å². The second-order valence-electron chi connectivity index (χ2n) is 6.28. The highest BCUT2D eigenvalue weighted by Crippen LogP contribution is 2.23. The van der Waals surface area contributed by atoms with Crippen molar-refractivity contribution in [3.05, 3.63) is 56.5 Å². The number of hydrogen-bond acceptors (Lipinski definition) is 7. The molecule has 2 rings (SSSR count). The van der Waals surface area contributed by atoms with E-state index in [2.05, 4.69) is 10.3 Å². The topological polar surface area (TPSA) is 115 Å². The summed E-state index contributed by atoms with van der Waals surface area (Å²) in [7, 11) is 4.15. The van der Waals surface area contributed by atoms with Crippen LogP contribution in [-0.4, -0.2) is 51.2 Å². The first-order valence-corrected chi connectivity index (χ1v) is 9.96. The third-order valence-corrected chi connectivity index (χ3v) is 5.07. The fraction of sp³-hybridized carbons (Fsp3) is 0.368. The van der Waals surface area contributed by atoms with Crippen LogP contribution in [-0.2, 0) is 23.6 Å². The minimum absolute atomic E-state index is 0.0300. The number of benzene rings is 1. The maximum Gasteiger partial charge on any atom is 0.333 e. The minimum atomic E-state index is -0.760. The summed E-state index contributed by atoms with van der Waals surface area (Å²) in [5, 5.41) is 13.2. The first-order valence-electron chi connectivity index (χ1n) is 8.98. The average Bonchev–Trinajstić information content (AvgIpc) is 2.73. The van der Waals surface area contributed by atoms with Gasteiger partial charge in [-0.15, -0.1) is 0 Å². The maximum atomic E-state index is 13.2. The Bertz CT molecular complexity index is 1050. The van der Waals surface area contributed by atoms with E-state index in [0.29, 0.717) is 25.3 Å². The van der Waals surface area contributed by atoms with Gasteiger partial charge < -0.3 is 15.2 Å².